The highest BCUT2D eigenvalue weighted by Gasteiger charge is 2.26. The van der Waals surface area contributed by atoms with Crippen molar-refractivity contribution in [2.45, 2.75) is 65.8 Å². The molecule has 1 N–H and O–H groups in total. The van der Waals surface area contributed by atoms with Crippen LogP contribution in [0.1, 0.15) is 61.7 Å². The van der Waals surface area contributed by atoms with Crippen LogP contribution in [0.25, 0.3) is 11.0 Å². The van der Waals surface area contributed by atoms with Crippen molar-refractivity contribution in [1.29, 1.82) is 0 Å². The van der Waals surface area contributed by atoms with Gasteiger partial charge in [-0.25, -0.2) is 4.98 Å². The van der Waals surface area contributed by atoms with E-state index in [1.165, 1.54) is 67.5 Å². The molecular weight excluding hydrogens is 420 g/mol. The Bertz CT molecular complexity index is 1190. The standard InChI is InChI=1S/C29H38N4O/c1-19(2)29(34)31-25-7-6-23-16-22(17-24(23)18-25)9-12-32-13-10-26(11-14-32)33-21(4)30-27-15-20(3)5-8-28(27)33/h5-8,15,18-19,22,26H,9-14,16-17H2,1-4H3,(H,31,34). The Labute approximate surface area is 203 Å². The minimum Gasteiger partial charge on any atom is -0.326 e. The normalized spacial score (nSPS) is 19.1. The van der Waals surface area contributed by atoms with E-state index in [-0.39, 0.29) is 11.8 Å². The molecule has 2 aliphatic rings. The van der Waals surface area contributed by atoms with E-state index in [1.54, 1.807) is 0 Å². The number of nitrogens with zero attached hydrogens (tertiary/aromatic N) is 3. The van der Waals surface area contributed by atoms with Gasteiger partial charge in [-0.1, -0.05) is 26.0 Å². The highest BCUT2D eigenvalue weighted by Crippen LogP contribution is 2.33. The lowest BCUT2D eigenvalue weighted by Gasteiger charge is -2.34. The van der Waals surface area contributed by atoms with Crippen molar-refractivity contribution in [3.8, 4) is 0 Å². The van der Waals surface area contributed by atoms with Crippen LogP contribution in [0.3, 0.4) is 0 Å². The van der Waals surface area contributed by atoms with Crippen molar-refractivity contribution in [2.75, 3.05) is 25.0 Å². The minimum absolute atomic E-state index is 0.00533. The fourth-order valence-corrected chi connectivity index (χ4v) is 5.83. The molecule has 1 aromatic heterocycles. The molecule has 1 aliphatic carbocycles. The number of rotatable bonds is 6. The van der Waals surface area contributed by atoms with Gasteiger partial charge in [0.25, 0.3) is 0 Å². The number of hydrogen-bond acceptors (Lipinski definition) is 3. The monoisotopic (exact) mass is 458 g/mol. The molecule has 0 spiro atoms. The molecule has 180 valence electrons. The second-order valence-corrected chi connectivity index (χ2v) is 10.8. The van der Waals surface area contributed by atoms with E-state index >= 15 is 0 Å². The molecule has 1 unspecified atom stereocenters. The quantitative estimate of drug-likeness (QED) is 0.516. The van der Waals surface area contributed by atoms with Gasteiger partial charge in [-0.15, -0.1) is 0 Å². The number of piperidine rings is 1. The van der Waals surface area contributed by atoms with Crippen molar-refractivity contribution in [1.82, 2.24) is 14.5 Å². The first kappa shape index (κ1) is 23.1. The highest BCUT2D eigenvalue weighted by molar-refractivity contribution is 5.92. The number of benzene rings is 2. The molecule has 2 aromatic carbocycles. The molecule has 0 radical (unpaired) electrons. The summed E-state index contributed by atoms with van der Waals surface area (Å²) < 4.78 is 2.48. The van der Waals surface area contributed by atoms with Crippen LogP contribution in [0, 0.1) is 25.7 Å². The number of amides is 1. The number of carbonyl (C=O) groups is 1. The Balaban J connectivity index is 1.13. The predicted molar refractivity (Wildman–Crippen MR) is 139 cm³/mol. The van der Waals surface area contributed by atoms with E-state index in [0.29, 0.717) is 12.0 Å². The zero-order chi connectivity index (χ0) is 23.8. The molecule has 2 heterocycles. The van der Waals surface area contributed by atoms with Gasteiger partial charge in [0.2, 0.25) is 5.91 Å². The third-order valence-electron chi connectivity index (χ3n) is 7.81. The van der Waals surface area contributed by atoms with Gasteiger partial charge in [0.15, 0.2) is 0 Å². The van der Waals surface area contributed by atoms with E-state index in [0.717, 1.165) is 23.4 Å². The number of anilines is 1. The summed E-state index contributed by atoms with van der Waals surface area (Å²) in [7, 11) is 0. The maximum absolute atomic E-state index is 12.0. The maximum Gasteiger partial charge on any atom is 0.226 e. The van der Waals surface area contributed by atoms with Gasteiger partial charge in [-0.3, -0.25) is 4.79 Å². The second kappa shape index (κ2) is 9.53. The number of fused-ring (bicyclic) bond motifs is 2. The van der Waals surface area contributed by atoms with Gasteiger partial charge < -0.3 is 14.8 Å². The summed E-state index contributed by atoms with van der Waals surface area (Å²) in [5, 5.41) is 3.05. The number of carbonyl (C=O) groups excluding carboxylic acids is 1. The van der Waals surface area contributed by atoms with Crippen LogP contribution in [-0.2, 0) is 17.6 Å². The zero-order valence-corrected chi connectivity index (χ0v) is 21.1. The smallest absolute Gasteiger partial charge is 0.226 e. The van der Waals surface area contributed by atoms with Crippen molar-refractivity contribution < 1.29 is 4.79 Å². The summed E-state index contributed by atoms with van der Waals surface area (Å²) in [5.41, 5.74) is 7.52. The average molecular weight is 459 g/mol. The van der Waals surface area contributed by atoms with Crippen molar-refractivity contribution in [3.63, 3.8) is 0 Å². The summed E-state index contributed by atoms with van der Waals surface area (Å²) >= 11 is 0. The SMILES string of the molecule is Cc1ccc2c(c1)nc(C)n2C1CCN(CCC2Cc3ccc(NC(=O)C(C)C)cc3C2)CC1. The Hall–Kier alpha value is -2.66. The number of likely N-dealkylation sites (tertiary alicyclic amines) is 1. The molecule has 5 heteroatoms. The third kappa shape index (κ3) is 4.76. The Kier molecular flexibility index (Phi) is 6.48. The third-order valence-corrected chi connectivity index (χ3v) is 7.81. The topological polar surface area (TPSA) is 50.2 Å². The highest BCUT2D eigenvalue weighted by atomic mass is 16.1. The lowest BCUT2D eigenvalue weighted by atomic mass is 9.99. The van der Waals surface area contributed by atoms with Gasteiger partial charge in [-0.05, 0) is 99.4 Å². The van der Waals surface area contributed by atoms with E-state index < -0.39 is 0 Å². The minimum atomic E-state index is 0.00533. The summed E-state index contributed by atoms with van der Waals surface area (Å²) in [6.07, 6.45) is 5.95. The first-order valence-corrected chi connectivity index (χ1v) is 13.0. The Morgan fingerprint density at radius 2 is 1.82 bits per heavy atom. The lowest BCUT2D eigenvalue weighted by molar-refractivity contribution is -0.118. The first-order valence-electron chi connectivity index (χ1n) is 13.0. The van der Waals surface area contributed by atoms with Gasteiger partial charge in [0, 0.05) is 30.7 Å². The Morgan fingerprint density at radius 1 is 1.06 bits per heavy atom. The van der Waals surface area contributed by atoms with Crippen LogP contribution < -0.4 is 5.32 Å². The van der Waals surface area contributed by atoms with Gasteiger partial charge in [0.1, 0.15) is 5.82 Å². The number of aryl methyl sites for hydroxylation is 2. The predicted octanol–water partition coefficient (Wildman–Crippen LogP) is 5.69. The van der Waals surface area contributed by atoms with Crippen LogP contribution in [-0.4, -0.2) is 40.0 Å². The molecule has 1 saturated heterocycles. The molecule has 5 rings (SSSR count). The van der Waals surface area contributed by atoms with Crippen molar-refractivity contribution >= 4 is 22.6 Å². The molecule has 0 saturated carbocycles. The number of nitrogens with one attached hydrogen (secondary N) is 1. The second-order valence-electron chi connectivity index (χ2n) is 10.8. The number of aromatic nitrogens is 2. The van der Waals surface area contributed by atoms with Crippen LogP contribution >= 0.6 is 0 Å². The summed E-state index contributed by atoms with van der Waals surface area (Å²) in [4.78, 5) is 19.5. The van der Waals surface area contributed by atoms with E-state index in [4.69, 9.17) is 4.98 Å². The van der Waals surface area contributed by atoms with Gasteiger partial charge in [0.05, 0.1) is 11.0 Å². The fourth-order valence-electron chi connectivity index (χ4n) is 5.83. The lowest BCUT2D eigenvalue weighted by Crippen LogP contribution is -2.36. The van der Waals surface area contributed by atoms with Crippen LogP contribution in [0.4, 0.5) is 5.69 Å². The van der Waals surface area contributed by atoms with E-state index in [2.05, 4.69) is 65.0 Å². The van der Waals surface area contributed by atoms with Crippen LogP contribution in [0.5, 0.6) is 0 Å². The molecule has 5 nitrogen and oxygen atoms in total. The molecular formula is C29H38N4O. The molecule has 1 aliphatic heterocycles. The summed E-state index contributed by atoms with van der Waals surface area (Å²) in [5.74, 6) is 1.95. The largest absolute Gasteiger partial charge is 0.326 e. The molecule has 34 heavy (non-hydrogen) atoms. The Morgan fingerprint density at radius 3 is 2.59 bits per heavy atom. The number of imidazole rings is 1. The summed E-state index contributed by atoms with van der Waals surface area (Å²) in [6.45, 7) is 11.7. The molecule has 3 aromatic rings. The van der Waals surface area contributed by atoms with Gasteiger partial charge in [-0.2, -0.15) is 0 Å². The first-order chi connectivity index (χ1) is 16.4. The molecule has 1 fully saturated rings. The zero-order valence-electron chi connectivity index (χ0n) is 21.1. The maximum atomic E-state index is 12.0. The van der Waals surface area contributed by atoms with Crippen molar-refractivity contribution in [2.24, 2.45) is 11.8 Å². The van der Waals surface area contributed by atoms with Crippen LogP contribution in [0.15, 0.2) is 36.4 Å². The number of hydrogen-bond donors (Lipinski definition) is 1. The van der Waals surface area contributed by atoms with Crippen molar-refractivity contribution in [3.05, 3.63) is 58.9 Å². The average Bonchev–Trinajstić information content (AvgIpc) is 3.36. The summed E-state index contributed by atoms with van der Waals surface area (Å²) in [6, 6.07) is 13.7. The molecule has 1 atom stereocenters. The fraction of sp³-hybridized carbons (Fsp3) is 0.517. The van der Waals surface area contributed by atoms with Gasteiger partial charge >= 0.3 is 0 Å². The van der Waals surface area contributed by atoms with Crippen LogP contribution in [0.2, 0.25) is 0 Å². The molecule has 1 amide bonds. The molecule has 0 bridgehead atoms. The van der Waals surface area contributed by atoms with E-state index in [9.17, 15) is 4.79 Å². The van der Waals surface area contributed by atoms with E-state index in [1.807, 2.05) is 13.8 Å².